The number of carbonyl (C=O) groups is 1. The average Bonchev–Trinajstić information content (AvgIpc) is 3.07. The Morgan fingerprint density at radius 1 is 1.62 bits per heavy atom. The third kappa shape index (κ3) is 3.72. The number of hydrogen-bond donors (Lipinski definition) is 2. The number of amidine groups is 1. The molecule has 0 spiro atoms. The summed E-state index contributed by atoms with van der Waals surface area (Å²) < 4.78 is 0. The van der Waals surface area contributed by atoms with E-state index in [0.717, 1.165) is 0 Å². The van der Waals surface area contributed by atoms with Gasteiger partial charge in [-0.25, -0.2) is 0 Å². The summed E-state index contributed by atoms with van der Waals surface area (Å²) in [5.74, 6) is 0.856. The highest BCUT2D eigenvalue weighted by Gasteiger charge is 2.27. The molecule has 92 valence electrons. The lowest BCUT2D eigenvalue weighted by Gasteiger charge is -2.24. The number of amides is 1. The van der Waals surface area contributed by atoms with E-state index in [1.54, 1.807) is 4.90 Å². The number of nitrogens with two attached hydrogens (primary N) is 1. The van der Waals surface area contributed by atoms with E-state index in [1.165, 1.54) is 12.8 Å². The highest BCUT2D eigenvalue weighted by atomic mass is 16.4. The number of oxime groups is 1. The van der Waals surface area contributed by atoms with Crippen LogP contribution >= 0.6 is 0 Å². The lowest BCUT2D eigenvalue weighted by molar-refractivity contribution is -0.131. The third-order valence-electron chi connectivity index (χ3n) is 3.01. The van der Waals surface area contributed by atoms with E-state index >= 15 is 0 Å². The molecule has 0 saturated heterocycles. The maximum absolute atomic E-state index is 11.9. The predicted molar refractivity (Wildman–Crippen MR) is 62.2 cm³/mol. The number of hydrogen-bond acceptors (Lipinski definition) is 3. The molecule has 1 rings (SSSR count). The second kappa shape index (κ2) is 5.72. The predicted octanol–water partition coefficient (Wildman–Crippen LogP) is 1.02. The van der Waals surface area contributed by atoms with Crippen LogP contribution in [-0.2, 0) is 4.79 Å². The first kappa shape index (κ1) is 12.8. The Balaban J connectivity index is 2.43. The second-order valence-electron chi connectivity index (χ2n) is 4.51. The molecular formula is C11H21N3O2. The van der Waals surface area contributed by atoms with Gasteiger partial charge < -0.3 is 15.8 Å². The van der Waals surface area contributed by atoms with Gasteiger partial charge >= 0.3 is 0 Å². The number of rotatable bonds is 6. The summed E-state index contributed by atoms with van der Waals surface area (Å²) in [6.45, 7) is 5.00. The molecule has 1 amide bonds. The fraction of sp³-hybridized carbons (Fsp3) is 0.818. The molecule has 1 unspecified atom stereocenters. The zero-order valence-corrected chi connectivity index (χ0v) is 10.0. The Kier molecular flexibility index (Phi) is 4.58. The number of nitrogens with zero attached hydrogens (tertiary/aromatic N) is 2. The van der Waals surface area contributed by atoms with E-state index in [9.17, 15) is 4.79 Å². The second-order valence-corrected chi connectivity index (χ2v) is 4.51. The molecule has 1 aliphatic rings. The molecule has 1 aliphatic carbocycles. The first-order chi connectivity index (χ1) is 7.58. The van der Waals surface area contributed by atoms with Gasteiger partial charge in [-0.15, -0.1) is 0 Å². The smallest absolute Gasteiger partial charge is 0.222 e. The number of carbonyl (C=O) groups excluding carboxylic acids is 1. The van der Waals surface area contributed by atoms with Crippen LogP contribution < -0.4 is 5.73 Å². The summed E-state index contributed by atoms with van der Waals surface area (Å²) in [6, 6.07) is 0. The molecule has 3 N–H and O–H groups in total. The van der Waals surface area contributed by atoms with E-state index in [1.807, 2.05) is 13.8 Å². The Hall–Kier alpha value is -1.26. The van der Waals surface area contributed by atoms with E-state index in [-0.39, 0.29) is 17.7 Å². The molecule has 1 atom stereocenters. The van der Waals surface area contributed by atoms with Crippen LogP contribution in [0.15, 0.2) is 5.16 Å². The lowest BCUT2D eigenvalue weighted by atomic mass is 10.1. The molecule has 1 fully saturated rings. The van der Waals surface area contributed by atoms with Crippen LogP contribution in [0.25, 0.3) is 0 Å². The molecule has 1 saturated carbocycles. The average molecular weight is 227 g/mol. The van der Waals surface area contributed by atoms with Gasteiger partial charge in [-0.05, 0) is 25.7 Å². The third-order valence-corrected chi connectivity index (χ3v) is 3.01. The van der Waals surface area contributed by atoms with Crippen molar-refractivity contribution >= 4 is 11.7 Å². The molecule has 5 heteroatoms. The Morgan fingerprint density at radius 3 is 2.69 bits per heavy atom. The Labute approximate surface area is 96.3 Å². The van der Waals surface area contributed by atoms with Gasteiger partial charge in [-0.3, -0.25) is 4.79 Å². The van der Waals surface area contributed by atoms with Crippen molar-refractivity contribution in [3.8, 4) is 0 Å². The maximum atomic E-state index is 11.9. The van der Waals surface area contributed by atoms with Crippen molar-refractivity contribution in [3.05, 3.63) is 0 Å². The minimum absolute atomic E-state index is 0.104. The van der Waals surface area contributed by atoms with Gasteiger partial charge in [-0.1, -0.05) is 12.1 Å². The zero-order chi connectivity index (χ0) is 12.1. The molecule has 0 radical (unpaired) electrons. The van der Waals surface area contributed by atoms with E-state index in [4.69, 9.17) is 10.9 Å². The van der Waals surface area contributed by atoms with Crippen molar-refractivity contribution in [1.82, 2.24) is 4.90 Å². The Morgan fingerprint density at radius 2 is 2.25 bits per heavy atom. The summed E-state index contributed by atoms with van der Waals surface area (Å²) in [5.41, 5.74) is 5.50. The van der Waals surface area contributed by atoms with Crippen LogP contribution in [0.3, 0.4) is 0 Å². The van der Waals surface area contributed by atoms with Gasteiger partial charge in [0.15, 0.2) is 0 Å². The molecular weight excluding hydrogens is 206 g/mol. The summed E-state index contributed by atoms with van der Waals surface area (Å²) >= 11 is 0. The van der Waals surface area contributed by atoms with Crippen molar-refractivity contribution in [2.75, 3.05) is 13.1 Å². The quantitative estimate of drug-likeness (QED) is 0.308. The molecule has 0 aromatic carbocycles. The summed E-state index contributed by atoms with van der Waals surface area (Å²) in [4.78, 5) is 13.6. The van der Waals surface area contributed by atoms with Crippen molar-refractivity contribution in [3.63, 3.8) is 0 Å². The van der Waals surface area contributed by atoms with Gasteiger partial charge in [0, 0.05) is 25.4 Å². The topological polar surface area (TPSA) is 78.9 Å². The minimum atomic E-state index is -0.104. The Bertz CT molecular complexity index is 274. The molecule has 0 heterocycles. The molecule has 16 heavy (non-hydrogen) atoms. The van der Waals surface area contributed by atoms with Crippen LogP contribution in [-0.4, -0.2) is 34.9 Å². The van der Waals surface area contributed by atoms with Gasteiger partial charge in [0.05, 0.1) is 0 Å². The van der Waals surface area contributed by atoms with Gasteiger partial charge in [0.25, 0.3) is 0 Å². The van der Waals surface area contributed by atoms with Crippen molar-refractivity contribution in [1.29, 1.82) is 0 Å². The fourth-order valence-corrected chi connectivity index (χ4v) is 1.63. The first-order valence-corrected chi connectivity index (χ1v) is 5.83. The monoisotopic (exact) mass is 227 g/mol. The zero-order valence-electron chi connectivity index (χ0n) is 10.0. The normalized spacial score (nSPS) is 18.2. The van der Waals surface area contributed by atoms with Crippen LogP contribution in [0, 0.1) is 11.8 Å². The fourth-order valence-electron chi connectivity index (χ4n) is 1.63. The highest BCUT2D eigenvalue weighted by Crippen LogP contribution is 2.32. The van der Waals surface area contributed by atoms with Crippen molar-refractivity contribution < 1.29 is 10.0 Å². The summed E-state index contributed by atoms with van der Waals surface area (Å²) in [6.07, 6.45) is 3.01. The summed E-state index contributed by atoms with van der Waals surface area (Å²) in [7, 11) is 0. The summed E-state index contributed by atoms with van der Waals surface area (Å²) in [5, 5.41) is 11.5. The largest absolute Gasteiger partial charge is 0.409 e. The molecule has 0 aliphatic heterocycles. The van der Waals surface area contributed by atoms with Crippen molar-refractivity contribution in [2.45, 2.75) is 33.1 Å². The van der Waals surface area contributed by atoms with Crippen LogP contribution in [0.5, 0.6) is 0 Å². The molecule has 5 nitrogen and oxygen atoms in total. The molecule has 0 bridgehead atoms. The van der Waals surface area contributed by atoms with Crippen molar-refractivity contribution in [2.24, 2.45) is 22.7 Å². The highest BCUT2D eigenvalue weighted by molar-refractivity contribution is 5.83. The minimum Gasteiger partial charge on any atom is -0.409 e. The van der Waals surface area contributed by atoms with E-state index in [2.05, 4.69) is 5.16 Å². The lowest BCUT2D eigenvalue weighted by Crippen LogP contribution is -2.38. The molecule has 0 aromatic heterocycles. The standard InChI is InChI=1S/C11H21N3O2/c1-3-14(7-8(2)11(12)13-16)10(15)6-9-4-5-9/h8-9,16H,3-7H2,1-2H3,(H2,12,13). The molecule has 0 aromatic rings. The maximum Gasteiger partial charge on any atom is 0.222 e. The van der Waals surface area contributed by atoms with E-state index in [0.29, 0.717) is 25.4 Å². The van der Waals surface area contributed by atoms with Crippen LogP contribution in [0.4, 0.5) is 0 Å². The van der Waals surface area contributed by atoms with Gasteiger partial charge in [-0.2, -0.15) is 0 Å². The SMILES string of the molecule is CCN(CC(C)C(N)=NO)C(=O)CC1CC1. The van der Waals surface area contributed by atoms with Crippen LogP contribution in [0.1, 0.15) is 33.1 Å². The van der Waals surface area contributed by atoms with Gasteiger partial charge in [0.2, 0.25) is 5.91 Å². The van der Waals surface area contributed by atoms with Gasteiger partial charge in [0.1, 0.15) is 5.84 Å². The van der Waals surface area contributed by atoms with E-state index < -0.39 is 0 Å². The first-order valence-electron chi connectivity index (χ1n) is 5.83. The van der Waals surface area contributed by atoms with Crippen LogP contribution in [0.2, 0.25) is 0 Å².